The summed E-state index contributed by atoms with van der Waals surface area (Å²) in [5.74, 6) is -0.919. The summed E-state index contributed by atoms with van der Waals surface area (Å²) in [6.45, 7) is 6.16. The molecule has 0 bridgehead atoms. The molecule has 3 aromatic rings. The van der Waals surface area contributed by atoms with E-state index in [0.29, 0.717) is 0 Å². The van der Waals surface area contributed by atoms with Crippen LogP contribution < -0.4 is 9.47 Å². The molecule has 0 spiro atoms. The standard InChI is InChI=1S/C27H26F3NO4S/c1-18-23(25(32)35-21-13-9-6-10-14-21)22(34-17-19-11-7-5-8-12-19)15-20(24(18)27(28,29)30)16-31-36(33)26(2,3)4/h5-16H,17H2,1-4H3/b31-16+/t36-/m0/s1. The maximum atomic E-state index is 14.2. The van der Waals surface area contributed by atoms with Crippen LogP contribution in [0.1, 0.15) is 53.4 Å². The molecule has 0 saturated carbocycles. The van der Waals surface area contributed by atoms with Crippen LogP contribution in [0, 0.1) is 6.92 Å². The number of nitrogens with zero attached hydrogens (tertiary/aromatic N) is 1. The number of carbonyl (C=O) groups is 1. The molecule has 0 heterocycles. The van der Waals surface area contributed by atoms with Crippen molar-refractivity contribution in [3.8, 4) is 11.5 Å². The molecule has 3 rings (SSSR count). The van der Waals surface area contributed by atoms with Crippen LogP contribution in [0.5, 0.6) is 11.5 Å². The lowest BCUT2D eigenvalue weighted by Crippen LogP contribution is -2.26. The first-order chi connectivity index (χ1) is 16.9. The number of rotatable bonds is 7. The number of ether oxygens (including phenoxy) is 2. The molecule has 0 radical (unpaired) electrons. The molecule has 1 atom stereocenters. The van der Waals surface area contributed by atoms with Gasteiger partial charge in [-0.15, -0.1) is 0 Å². The number of benzene rings is 3. The predicted molar refractivity (Wildman–Crippen MR) is 134 cm³/mol. The van der Waals surface area contributed by atoms with E-state index in [2.05, 4.69) is 4.40 Å². The van der Waals surface area contributed by atoms with Gasteiger partial charge in [0.05, 0.1) is 11.8 Å². The van der Waals surface area contributed by atoms with E-state index in [1.807, 2.05) is 6.07 Å². The Labute approximate surface area is 211 Å². The van der Waals surface area contributed by atoms with Gasteiger partial charge in [0.15, 0.2) is 0 Å². The van der Waals surface area contributed by atoms with Gasteiger partial charge in [0.1, 0.15) is 39.8 Å². The summed E-state index contributed by atoms with van der Waals surface area (Å²) < 4.78 is 69.2. The molecule has 0 aliphatic rings. The largest absolute Gasteiger partial charge is 0.591 e. The number of para-hydroxylation sites is 1. The van der Waals surface area contributed by atoms with Gasteiger partial charge in [0.2, 0.25) is 0 Å². The van der Waals surface area contributed by atoms with E-state index < -0.39 is 33.8 Å². The van der Waals surface area contributed by atoms with Gasteiger partial charge in [-0.3, -0.25) is 0 Å². The molecule has 9 heteroatoms. The normalized spacial score (nSPS) is 13.0. The molecule has 0 amide bonds. The van der Waals surface area contributed by atoms with Crippen LogP contribution in [0.3, 0.4) is 0 Å². The van der Waals surface area contributed by atoms with E-state index in [9.17, 15) is 22.5 Å². The summed E-state index contributed by atoms with van der Waals surface area (Å²) in [7, 11) is 0. The Morgan fingerprint density at radius 3 is 2.17 bits per heavy atom. The van der Waals surface area contributed by atoms with Crippen molar-refractivity contribution in [3.63, 3.8) is 0 Å². The molecule has 0 aromatic heterocycles. The average Bonchev–Trinajstić information content (AvgIpc) is 2.80. The van der Waals surface area contributed by atoms with Crippen molar-refractivity contribution in [3.05, 3.63) is 94.5 Å². The fraction of sp³-hybridized carbons (Fsp3) is 0.259. The Morgan fingerprint density at radius 1 is 1.03 bits per heavy atom. The topological polar surface area (TPSA) is 71.0 Å². The molecule has 0 N–H and O–H groups in total. The third-order valence-corrected chi connectivity index (χ3v) is 6.41. The van der Waals surface area contributed by atoms with Crippen LogP contribution in [-0.4, -0.2) is 21.5 Å². The van der Waals surface area contributed by atoms with Crippen LogP contribution in [0.4, 0.5) is 13.2 Å². The lowest BCUT2D eigenvalue weighted by Gasteiger charge is -2.21. The van der Waals surface area contributed by atoms with E-state index in [1.165, 1.54) is 19.1 Å². The van der Waals surface area contributed by atoms with E-state index in [0.717, 1.165) is 17.8 Å². The van der Waals surface area contributed by atoms with E-state index in [-0.39, 0.29) is 34.8 Å². The zero-order chi connectivity index (χ0) is 26.5. The molecule has 190 valence electrons. The molecule has 0 fully saturated rings. The van der Waals surface area contributed by atoms with Crippen molar-refractivity contribution < 1.29 is 32.0 Å². The highest BCUT2D eigenvalue weighted by Crippen LogP contribution is 2.40. The van der Waals surface area contributed by atoms with E-state index in [4.69, 9.17) is 9.47 Å². The van der Waals surface area contributed by atoms with Gasteiger partial charge in [-0.05, 0) is 57.0 Å². The molecule has 0 aliphatic heterocycles. The Hall–Kier alpha value is -3.30. The first-order valence-corrected chi connectivity index (χ1v) is 12.1. The third kappa shape index (κ3) is 6.89. The average molecular weight is 518 g/mol. The Bertz CT molecular complexity index is 1220. The third-order valence-electron chi connectivity index (χ3n) is 5.06. The second-order valence-corrected chi connectivity index (χ2v) is 10.8. The zero-order valence-corrected chi connectivity index (χ0v) is 21.1. The van der Waals surface area contributed by atoms with Crippen LogP contribution in [0.25, 0.3) is 0 Å². The lowest BCUT2D eigenvalue weighted by molar-refractivity contribution is -0.138. The first kappa shape index (κ1) is 27.3. The molecule has 3 aromatic carbocycles. The number of hydrogen-bond acceptors (Lipinski definition) is 5. The van der Waals surface area contributed by atoms with Crippen molar-refractivity contribution in [2.24, 2.45) is 4.40 Å². The fourth-order valence-electron chi connectivity index (χ4n) is 3.30. The number of halogens is 3. The van der Waals surface area contributed by atoms with Gasteiger partial charge in [-0.2, -0.15) is 13.2 Å². The number of carbonyl (C=O) groups excluding carboxylic acids is 1. The highest BCUT2D eigenvalue weighted by Gasteiger charge is 2.39. The second kappa shape index (κ2) is 11.2. The van der Waals surface area contributed by atoms with Crippen molar-refractivity contribution >= 4 is 23.5 Å². The highest BCUT2D eigenvalue weighted by molar-refractivity contribution is 7.91. The van der Waals surface area contributed by atoms with Crippen LogP contribution in [-0.2, 0) is 24.1 Å². The van der Waals surface area contributed by atoms with Gasteiger partial charge in [0, 0.05) is 5.56 Å². The van der Waals surface area contributed by atoms with Crippen LogP contribution in [0.2, 0.25) is 0 Å². The van der Waals surface area contributed by atoms with Crippen molar-refractivity contribution in [1.29, 1.82) is 0 Å². The molecule has 0 unspecified atom stereocenters. The number of hydrogen-bond donors (Lipinski definition) is 0. The maximum absolute atomic E-state index is 14.2. The van der Waals surface area contributed by atoms with Crippen LogP contribution in [0.15, 0.2) is 71.1 Å². The van der Waals surface area contributed by atoms with E-state index >= 15 is 0 Å². The minimum atomic E-state index is -4.83. The number of esters is 1. The zero-order valence-electron chi connectivity index (χ0n) is 20.3. The molecular weight excluding hydrogens is 491 g/mol. The summed E-state index contributed by atoms with van der Waals surface area (Å²) in [4.78, 5) is 13.1. The van der Waals surface area contributed by atoms with E-state index in [1.54, 1.807) is 63.2 Å². The van der Waals surface area contributed by atoms with Crippen molar-refractivity contribution in [2.75, 3.05) is 0 Å². The van der Waals surface area contributed by atoms with Gasteiger partial charge >= 0.3 is 12.1 Å². The lowest BCUT2D eigenvalue weighted by atomic mass is 9.95. The summed E-state index contributed by atoms with van der Waals surface area (Å²) in [5.41, 5.74) is -1.42. The van der Waals surface area contributed by atoms with Gasteiger partial charge in [0.25, 0.3) is 0 Å². The highest BCUT2D eigenvalue weighted by atomic mass is 32.2. The Morgan fingerprint density at radius 2 is 1.61 bits per heavy atom. The molecule has 0 saturated heterocycles. The van der Waals surface area contributed by atoms with Crippen LogP contribution >= 0.6 is 0 Å². The summed E-state index contributed by atoms with van der Waals surface area (Å²) >= 11 is -1.79. The van der Waals surface area contributed by atoms with Crippen molar-refractivity contribution in [2.45, 2.75) is 45.2 Å². The molecule has 36 heavy (non-hydrogen) atoms. The SMILES string of the molecule is Cc1c(C(=O)Oc2ccccc2)c(OCc2ccccc2)cc(/C=N/[S@@+]([O-])C(C)(C)C)c1C(F)(F)F. The van der Waals surface area contributed by atoms with Crippen molar-refractivity contribution in [1.82, 2.24) is 0 Å². The Kier molecular flexibility index (Phi) is 8.47. The Balaban J connectivity index is 2.14. The quantitative estimate of drug-likeness (QED) is 0.151. The smallest absolute Gasteiger partial charge is 0.417 e. The monoisotopic (exact) mass is 517 g/mol. The fourth-order valence-corrected chi connectivity index (χ4v) is 3.83. The number of alkyl halides is 3. The van der Waals surface area contributed by atoms with Gasteiger partial charge in [-0.25, -0.2) is 4.79 Å². The van der Waals surface area contributed by atoms with Gasteiger partial charge < -0.3 is 14.0 Å². The van der Waals surface area contributed by atoms with Gasteiger partial charge in [-0.1, -0.05) is 52.9 Å². The summed E-state index contributed by atoms with van der Waals surface area (Å²) in [6, 6.07) is 18.1. The molecule has 5 nitrogen and oxygen atoms in total. The molecular formula is C27H26F3NO4S. The minimum Gasteiger partial charge on any atom is -0.591 e. The molecule has 0 aliphatic carbocycles. The summed E-state index contributed by atoms with van der Waals surface area (Å²) in [6.07, 6.45) is -3.91. The summed E-state index contributed by atoms with van der Waals surface area (Å²) in [5, 5.41) is 0. The predicted octanol–water partition coefficient (Wildman–Crippen LogP) is 6.69. The second-order valence-electron chi connectivity index (χ2n) is 8.91. The maximum Gasteiger partial charge on any atom is 0.417 e. The first-order valence-electron chi connectivity index (χ1n) is 11.0. The minimum absolute atomic E-state index is 0.00175.